The fraction of sp³-hybridized carbons (Fsp3) is 0.250. The number of nitrogens with zero attached hydrogens (tertiary/aromatic N) is 1. The lowest BCUT2D eigenvalue weighted by Crippen LogP contribution is -2.37. The third-order valence-corrected chi connectivity index (χ3v) is 4.12. The fourth-order valence-electron chi connectivity index (χ4n) is 2.58. The van der Waals surface area contributed by atoms with Crippen molar-refractivity contribution in [3.8, 4) is 0 Å². The topological polar surface area (TPSA) is 75.7 Å². The summed E-state index contributed by atoms with van der Waals surface area (Å²) in [7, 11) is 1.29. The molecule has 0 saturated heterocycles. The molecule has 0 aliphatic heterocycles. The molecule has 6 nitrogen and oxygen atoms in total. The number of benzene rings is 2. The minimum Gasteiger partial charge on any atom is -0.465 e. The van der Waals surface area contributed by atoms with Crippen molar-refractivity contribution in [2.75, 3.05) is 23.9 Å². The van der Waals surface area contributed by atoms with Gasteiger partial charge in [-0.25, -0.2) is 4.79 Å². The summed E-state index contributed by atoms with van der Waals surface area (Å²) in [5, 5.41) is 2.71. The quantitative estimate of drug-likeness (QED) is 0.837. The van der Waals surface area contributed by atoms with Gasteiger partial charge < -0.3 is 15.0 Å². The van der Waals surface area contributed by atoms with Gasteiger partial charge in [-0.15, -0.1) is 0 Å². The van der Waals surface area contributed by atoms with Crippen LogP contribution in [-0.4, -0.2) is 31.4 Å². The van der Waals surface area contributed by atoms with Gasteiger partial charge in [-0.1, -0.05) is 18.2 Å². The van der Waals surface area contributed by atoms with Crippen molar-refractivity contribution in [1.29, 1.82) is 0 Å². The summed E-state index contributed by atoms with van der Waals surface area (Å²) >= 11 is 0. The van der Waals surface area contributed by atoms with Crippen molar-refractivity contribution in [3.63, 3.8) is 0 Å². The molecule has 0 fully saturated rings. The van der Waals surface area contributed by atoms with Crippen molar-refractivity contribution in [3.05, 3.63) is 59.2 Å². The Hall–Kier alpha value is -3.15. The highest BCUT2D eigenvalue weighted by molar-refractivity contribution is 6.02. The van der Waals surface area contributed by atoms with Gasteiger partial charge in [0.05, 0.1) is 12.7 Å². The zero-order chi connectivity index (χ0) is 19.3. The molecule has 26 heavy (non-hydrogen) atoms. The van der Waals surface area contributed by atoms with Gasteiger partial charge in [0.2, 0.25) is 11.8 Å². The maximum Gasteiger partial charge on any atom is 0.337 e. The van der Waals surface area contributed by atoms with E-state index in [1.165, 1.54) is 25.0 Å². The molecule has 2 amide bonds. The molecule has 1 N–H and O–H groups in total. The number of carbonyl (C=O) groups is 3. The molecule has 0 saturated carbocycles. The molecule has 2 aromatic carbocycles. The molecule has 0 radical (unpaired) electrons. The lowest BCUT2D eigenvalue weighted by Gasteiger charge is -2.23. The second kappa shape index (κ2) is 8.29. The van der Waals surface area contributed by atoms with Crippen LogP contribution >= 0.6 is 0 Å². The molecule has 2 aromatic rings. The summed E-state index contributed by atoms with van der Waals surface area (Å²) in [5.74, 6) is -1.07. The van der Waals surface area contributed by atoms with E-state index in [1.54, 1.807) is 18.2 Å². The molecule has 2 rings (SSSR count). The monoisotopic (exact) mass is 354 g/mol. The molecule has 0 heterocycles. The number of nitrogens with one attached hydrogen (secondary N) is 1. The summed E-state index contributed by atoms with van der Waals surface area (Å²) in [6.45, 7) is 5.17. The van der Waals surface area contributed by atoms with Crippen LogP contribution < -0.4 is 10.2 Å². The number of methoxy groups -OCH3 is 1. The average Bonchev–Trinajstić information content (AvgIpc) is 2.61. The van der Waals surface area contributed by atoms with E-state index < -0.39 is 5.97 Å². The molecule has 0 spiro atoms. The normalized spacial score (nSPS) is 10.2. The predicted octanol–water partition coefficient (Wildman–Crippen LogP) is 3.08. The first kappa shape index (κ1) is 19.2. The van der Waals surface area contributed by atoms with Crippen molar-refractivity contribution in [2.45, 2.75) is 20.8 Å². The van der Waals surface area contributed by atoms with E-state index in [2.05, 4.69) is 10.1 Å². The molecule has 0 aliphatic rings. The lowest BCUT2D eigenvalue weighted by molar-refractivity contribution is -0.120. The van der Waals surface area contributed by atoms with Crippen LogP contribution in [0.1, 0.15) is 28.4 Å². The largest absolute Gasteiger partial charge is 0.465 e. The zero-order valence-electron chi connectivity index (χ0n) is 15.3. The zero-order valence-corrected chi connectivity index (χ0v) is 15.3. The van der Waals surface area contributed by atoms with E-state index >= 15 is 0 Å². The Balaban J connectivity index is 2.18. The average molecular weight is 354 g/mol. The number of rotatable bonds is 5. The molecular formula is C20H22N2O4. The lowest BCUT2D eigenvalue weighted by atomic mass is 10.1. The Morgan fingerprint density at radius 2 is 1.77 bits per heavy atom. The molecule has 0 atom stereocenters. The number of aryl methyl sites for hydroxylation is 1. The molecule has 0 bridgehead atoms. The number of amides is 2. The molecule has 0 unspecified atom stereocenters. The van der Waals surface area contributed by atoms with Gasteiger partial charge in [-0.3, -0.25) is 9.59 Å². The fourth-order valence-corrected chi connectivity index (χ4v) is 2.58. The number of esters is 1. The number of hydrogen-bond donors (Lipinski definition) is 1. The molecular weight excluding hydrogens is 332 g/mol. The van der Waals surface area contributed by atoms with Crippen molar-refractivity contribution < 1.29 is 19.1 Å². The highest BCUT2D eigenvalue weighted by Crippen LogP contribution is 2.23. The van der Waals surface area contributed by atoms with Crippen LogP contribution in [0.4, 0.5) is 11.4 Å². The van der Waals surface area contributed by atoms with E-state index in [0.717, 1.165) is 11.1 Å². The van der Waals surface area contributed by atoms with Crippen molar-refractivity contribution in [1.82, 2.24) is 0 Å². The maximum atomic E-state index is 12.4. The third-order valence-electron chi connectivity index (χ3n) is 4.12. The van der Waals surface area contributed by atoms with Crippen molar-refractivity contribution in [2.24, 2.45) is 0 Å². The van der Waals surface area contributed by atoms with Gasteiger partial charge in [-0.05, 0) is 49.2 Å². The van der Waals surface area contributed by atoms with Gasteiger partial charge in [0.25, 0.3) is 0 Å². The molecule has 136 valence electrons. The first-order valence-electron chi connectivity index (χ1n) is 8.16. The van der Waals surface area contributed by atoms with E-state index in [-0.39, 0.29) is 18.4 Å². The maximum absolute atomic E-state index is 12.4. The summed E-state index contributed by atoms with van der Waals surface area (Å²) < 4.78 is 4.67. The first-order chi connectivity index (χ1) is 12.3. The Bertz CT molecular complexity index is 845. The standard InChI is InChI=1S/C20H22N2O4/c1-13-7-5-10-18(14(13)2)22(15(3)23)12-19(24)21-17-9-6-8-16(11-17)20(25)26-4/h5-11H,12H2,1-4H3,(H,21,24). The van der Waals surface area contributed by atoms with E-state index in [4.69, 9.17) is 0 Å². The third kappa shape index (κ3) is 4.47. The minimum atomic E-state index is -0.484. The minimum absolute atomic E-state index is 0.123. The molecule has 6 heteroatoms. The van der Waals surface area contributed by atoms with Crippen LogP contribution in [0.5, 0.6) is 0 Å². The van der Waals surface area contributed by atoms with Crippen LogP contribution in [0.2, 0.25) is 0 Å². The Kier molecular flexibility index (Phi) is 6.11. The van der Waals surface area contributed by atoms with Crippen molar-refractivity contribution >= 4 is 29.2 Å². The Morgan fingerprint density at radius 3 is 2.42 bits per heavy atom. The van der Waals surface area contributed by atoms with Gasteiger partial charge in [0.1, 0.15) is 6.54 Å². The molecule has 0 aromatic heterocycles. The smallest absolute Gasteiger partial charge is 0.337 e. The Labute approximate surface area is 152 Å². The summed E-state index contributed by atoms with van der Waals surface area (Å²) in [6, 6.07) is 12.1. The van der Waals surface area contributed by atoms with E-state index in [1.807, 2.05) is 32.0 Å². The summed E-state index contributed by atoms with van der Waals surface area (Å²) in [4.78, 5) is 37.5. The van der Waals surface area contributed by atoms with Crippen LogP contribution in [0, 0.1) is 13.8 Å². The number of carbonyl (C=O) groups excluding carboxylic acids is 3. The van der Waals surface area contributed by atoms with E-state index in [0.29, 0.717) is 16.9 Å². The van der Waals surface area contributed by atoms with Gasteiger partial charge >= 0.3 is 5.97 Å². The predicted molar refractivity (Wildman–Crippen MR) is 100 cm³/mol. The van der Waals surface area contributed by atoms with Crippen LogP contribution in [0.3, 0.4) is 0 Å². The van der Waals surface area contributed by atoms with Crippen LogP contribution in [-0.2, 0) is 14.3 Å². The van der Waals surface area contributed by atoms with Gasteiger partial charge in [0.15, 0.2) is 0 Å². The number of ether oxygens (including phenoxy) is 1. The number of anilines is 2. The highest BCUT2D eigenvalue weighted by atomic mass is 16.5. The summed E-state index contributed by atoms with van der Waals surface area (Å²) in [6.07, 6.45) is 0. The van der Waals surface area contributed by atoms with Crippen LogP contribution in [0.15, 0.2) is 42.5 Å². The second-order valence-electron chi connectivity index (χ2n) is 5.94. The Morgan fingerprint density at radius 1 is 1.08 bits per heavy atom. The second-order valence-corrected chi connectivity index (χ2v) is 5.94. The first-order valence-corrected chi connectivity index (χ1v) is 8.16. The molecule has 0 aliphatic carbocycles. The van der Waals surface area contributed by atoms with Gasteiger partial charge in [-0.2, -0.15) is 0 Å². The highest BCUT2D eigenvalue weighted by Gasteiger charge is 2.18. The SMILES string of the molecule is COC(=O)c1cccc(NC(=O)CN(C(C)=O)c2cccc(C)c2C)c1. The van der Waals surface area contributed by atoms with E-state index in [9.17, 15) is 14.4 Å². The van der Waals surface area contributed by atoms with Crippen LogP contribution in [0.25, 0.3) is 0 Å². The van der Waals surface area contributed by atoms with Gasteiger partial charge in [0, 0.05) is 18.3 Å². The number of hydrogen-bond acceptors (Lipinski definition) is 4. The summed E-state index contributed by atoms with van der Waals surface area (Å²) in [5.41, 5.74) is 3.49.